The summed E-state index contributed by atoms with van der Waals surface area (Å²) in [4.78, 5) is 3.97. The highest BCUT2D eigenvalue weighted by atomic mass is 19.1. The van der Waals surface area contributed by atoms with Crippen LogP contribution in [0.25, 0.3) is 10.9 Å². The fourth-order valence-electron chi connectivity index (χ4n) is 1.36. The molecule has 0 aliphatic heterocycles. The van der Waals surface area contributed by atoms with Crippen molar-refractivity contribution in [2.24, 2.45) is 0 Å². The van der Waals surface area contributed by atoms with Crippen LogP contribution in [-0.2, 0) is 0 Å². The van der Waals surface area contributed by atoms with Crippen molar-refractivity contribution in [3.05, 3.63) is 36.3 Å². The van der Waals surface area contributed by atoms with Gasteiger partial charge in [-0.25, -0.2) is 4.39 Å². The van der Waals surface area contributed by atoms with E-state index in [9.17, 15) is 4.39 Å². The zero-order chi connectivity index (χ0) is 9.26. The number of aromatic nitrogens is 1. The molecule has 66 valence electrons. The highest BCUT2D eigenvalue weighted by Gasteiger charge is 2.04. The fourth-order valence-corrected chi connectivity index (χ4v) is 1.36. The van der Waals surface area contributed by atoms with Gasteiger partial charge in [-0.05, 0) is 24.3 Å². The van der Waals surface area contributed by atoms with Gasteiger partial charge in [0.1, 0.15) is 11.3 Å². The minimum Gasteiger partial charge on any atom is -0.388 e. The Bertz CT molecular complexity index is 440. The van der Waals surface area contributed by atoms with E-state index in [0.29, 0.717) is 5.52 Å². The Morgan fingerprint density at radius 1 is 1.31 bits per heavy atom. The Kier molecular flexibility index (Phi) is 1.85. The quantitative estimate of drug-likeness (QED) is 0.721. The number of nitrogens with zero attached hydrogens (tertiary/aromatic N) is 1. The SMILES string of the molecule is CNc1ccc(F)c2ncccc12. The number of benzene rings is 1. The van der Waals surface area contributed by atoms with Gasteiger partial charge in [0.05, 0.1) is 0 Å². The molecule has 2 aromatic rings. The summed E-state index contributed by atoms with van der Waals surface area (Å²) in [5.74, 6) is -0.283. The van der Waals surface area contributed by atoms with E-state index in [4.69, 9.17) is 0 Å². The predicted octanol–water partition coefficient (Wildman–Crippen LogP) is 2.42. The van der Waals surface area contributed by atoms with Crippen LogP contribution in [0, 0.1) is 5.82 Å². The molecule has 2 rings (SSSR count). The number of pyridine rings is 1. The molecular weight excluding hydrogens is 167 g/mol. The Morgan fingerprint density at radius 2 is 2.15 bits per heavy atom. The van der Waals surface area contributed by atoms with Crippen molar-refractivity contribution in [1.82, 2.24) is 4.98 Å². The maximum absolute atomic E-state index is 13.2. The van der Waals surface area contributed by atoms with Crippen molar-refractivity contribution in [1.29, 1.82) is 0 Å². The zero-order valence-electron chi connectivity index (χ0n) is 7.21. The zero-order valence-corrected chi connectivity index (χ0v) is 7.21. The van der Waals surface area contributed by atoms with Crippen LogP contribution in [0.5, 0.6) is 0 Å². The lowest BCUT2D eigenvalue weighted by molar-refractivity contribution is 0.637. The van der Waals surface area contributed by atoms with Crippen molar-refractivity contribution in [3.8, 4) is 0 Å². The number of nitrogens with one attached hydrogen (secondary N) is 1. The van der Waals surface area contributed by atoms with E-state index >= 15 is 0 Å². The summed E-state index contributed by atoms with van der Waals surface area (Å²) in [7, 11) is 1.81. The van der Waals surface area contributed by atoms with Crippen LogP contribution in [0.15, 0.2) is 30.5 Å². The average Bonchev–Trinajstić information content (AvgIpc) is 2.19. The van der Waals surface area contributed by atoms with Crippen molar-refractivity contribution in [3.63, 3.8) is 0 Å². The first-order chi connectivity index (χ1) is 6.33. The van der Waals surface area contributed by atoms with Crippen LogP contribution < -0.4 is 5.32 Å². The molecule has 0 atom stereocenters. The van der Waals surface area contributed by atoms with E-state index in [1.165, 1.54) is 6.07 Å². The van der Waals surface area contributed by atoms with Gasteiger partial charge in [0.15, 0.2) is 0 Å². The summed E-state index contributed by atoms with van der Waals surface area (Å²) in [6.07, 6.45) is 1.59. The van der Waals surface area contributed by atoms with Crippen molar-refractivity contribution >= 4 is 16.6 Å². The van der Waals surface area contributed by atoms with Crippen LogP contribution >= 0.6 is 0 Å². The molecule has 0 aliphatic carbocycles. The molecule has 0 saturated heterocycles. The van der Waals surface area contributed by atoms with Gasteiger partial charge in [0, 0.05) is 24.3 Å². The van der Waals surface area contributed by atoms with Gasteiger partial charge < -0.3 is 5.32 Å². The van der Waals surface area contributed by atoms with Gasteiger partial charge in [0.25, 0.3) is 0 Å². The lowest BCUT2D eigenvalue weighted by atomic mass is 10.2. The van der Waals surface area contributed by atoms with E-state index in [-0.39, 0.29) is 5.82 Å². The van der Waals surface area contributed by atoms with E-state index in [2.05, 4.69) is 10.3 Å². The molecule has 3 heteroatoms. The third kappa shape index (κ3) is 1.22. The Morgan fingerprint density at radius 3 is 2.92 bits per heavy atom. The maximum Gasteiger partial charge on any atom is 0.149 e. The number of anilines is 1. The first-order valence-electron chi connectivity index (χ1n) is 4.04. The molecule has 0 bridgehead atoms. The third-order valence-corrected chi connectivity index (χ3v) is 1.99. The topological polar surface area (TPSA) is 24.9 Å². The molecule has 13 heavy (non-hydrogen) atoms. The molecule has 0 unspecified atom stereocenters. The molecule has 2 nitrogen and oxygen atoms in total. The largest absolute Gasteiger partial charge is 0.388 e. The van der Waals surface area contributed by atoms with Gasteiger partial charge in [0.2, 0.25) is 0 Å². The number of hydrogen-bond donors (Lipinski definition) is 1. The Balaban J connectivity index is 2.84. The minimum atomic E-state index is -0.283. The Hall–Kier alpha value is -1.64. The summed E-state index contributed by atoms with van der Waals surface area (Å²) in [5, 5.41) is 3.80. The summed E-state index contributed by atoms with van der Waals surface area (Å²) < 4.78 is 13.2. The van der Waals surface area contributed by atoms with Crippen LogP contribution in [0.2, 0.25) is 0 Å². The van der Waals surface area contributed by atoms with Crippen molar-refractivity contribution in [2.75, 3.05) is 12.4 Å². The standard InChI is InChI=1S/C10H9FN2/c1-12-9-5-4-8(11)10-7(9)3-2-6-13-10/h2-6,12H,1H3. The molecule has 1 N–H and O–H groups in total. The minimum absolute atomic E-state index is 0.283. The van der Waals surface area contributed by atoms with Gasteiger partial charge in [-0.15, -0.1) is 0 Å². The first kappa shape index (κ1) is 7.98. The maximum atomic E-state index is 13.2. The van der Waals surface area contributed by atoms with E-state index in [0.717, 1.165) is 11.1 Å². The molecule has 1 heterocycles. The summed E-state index contributed by atoms with van der Waals surface area (Å²) >= 11 is 0. The molecule has 0 aliphatic rings. The van der Waals surface area contributed by atoms with Crippen molar-refractivity contribution in [2.45, 2.75) is 0 Å². The third-order valence-electron chi connectivity index (χ3n) is 1.99. The summed E-state index contributed by atoms with van der Waals surface area (Å²) in [6.45, 7) is 0. The second-order valence-electron chi connectivity index (χ2n) is 2.74. The second kappa shape index (κ2) is 3.01. The molecule has 1 aromatic heterocycles. The monoisotopic (exact) mass is 176 g/mol. The lowest BCUT2D eigenvalue weighted by Crippen LogP contribution is -1.92. The van der Waals surface area contributed by atoms with E-state index < -0.39 is 0 Å². The van der Waals surface area contributed by atoms with Gasteiger partial charge in [-0.1, -0.05) is 0 Å². The lowest BCUT2D eigenvalue weighted by Gasteiger charge is -2.04. The first-order valence-corrected chi connectivity index (χ1v) is 4.04. The van der Waals surface area contributed by atoms with Crippen molar-refractivity contribution < 1.29 is 4.39 Å². The molecule has 0 radical (unpaired) electrons. The Labute approximate surface area is 75.4 Å². The van der Waals surface area contributed by atoms with Gasteiger partial charge in [-0.3, -0.25) is 4.98 Å². The molecular formula is C10H9FN2. The molecule has 1 aromatic carbocycles. The highest BCUT2D eigenvalue weighted by molar-refractivity contribution is 5.91. The second-order valence-corrected chi connectivity index (χ2v) is 2.74. The number of hydrogen-bond acceptors (Lipinski definition) is 2. The van der Waals surface area contributed by atoms with Crippen LogP contribution in [0.1, 0.15) is 0 Å². The number of rotatable bonds is 1. The predicted molar refractivity (Wildman–Crippen MR) is 51.2 cm³/mol. The van der Waals surface area contributed by atoms with E-state index in [1.54, 1.807) is 25.4 Å². The number of fused-ring (bicyclic) bond motifs is 1. The average molecular weight is 176 g/mol. The van der Waals surface area contributed by atoms with Crippen LogP contribution in [0.4, 0.5) is 10.1 Å². The summed E-state index contributed by atoms with van der Waals surface area (Å²) in [5.41, 5.74) is 1.30. The summed E-state index contributed by atoms with van der Waals surface area (Å²) in [6, 6.07) is 6.76. The van der Waals surface area contributed by atoms with E-state index in [1.807, 2.05) is 6.07 Å². The molecule has 0 fully saturated rings. The van der Waals surface area contributed by atoms with Crippen LogP contribution in [0.3, 0.4) is 0 Å². The van der Waals surface area contributed by atoms with Crippen LogP contribution in [-0.4, -0.2) is 12.0 Å². The fraction of sp³-hybridized carbons (Fsp3) is 0.100. The normalized spacial score (nSPS) is 10.3. The molecule has 0 amide bonds. The molecule has 0 spiro atoms. The highest BCUT2D eigenvalue weighted by Crippen LogP contribution is 2.23. The number of halogens is 1. The molecule has 0 saturated carbocycles. The van der Waals surface area contributed by atoms with Gasteiger partial charge in [-0.2, -0.15) is 0 Å². The smallest absolute Gasteiger partial charge is 0.149 e. The van der Waals surface area contributed by atoms with Gasteiger partial charge >= 0.3 is 0 Å².